The average Bonchev–Trinajstić information content (AvgIpc) is 3.02. The fraction of sp³-hybridized carbons (Fsp3) is 0.333. The second kappa shape index (κ2) is 6.28. The van der Waals surface area contributed by atoms with Gasteiger partial charge in [0, 0.05) is 18.7 Å². The van der Waals surface area contributed by atoms with Gasteiger partial charge in [-0.2, -0.15) is 0 Å². The molecule has 2 aromatic rings. The maximum atomic E-state index is 12.7. The van der Waals surface area contributed by atoms with E-state index in [0.29, 0.717) is 18.7 Å². The van der Waals surface area contributed by atoms with Crippen LogP contribution in [-0.4, -0.2) is 22.2 Å². The fourth-order valence-electron chi connectivity index (χ4n) is 3.09. The molecule has 0 atom stereocenters. The first kappa shape index (κ1) is 15.3. The Morgan fingerprint density at radius 3 is 2.74 bits per heavy atom. The molecule has 0 amide bonds. The summed E-state index contributed by atoms with van der Waals surface area (Å²) in [6, 6.07) is 9.43. The number of carbonyl (C=O) groups excluding carboxylic acids is 1. The van der Waals surface area contributed by atoms with Crippen molar-refractivity contribution in [3.05, 3.63) is 63.1 Å². The highest BCUT2D eigenvalue weighted by Crippen LogP contribution is 2.29. The first-order valence-electron chi connectivity index (χ1n) is 7.82. The number of esters is 1. The molecule has 1 aromatic heterocycles. The van der Waals surface area contributed by atoms with Crippen molar-refractivity contribution in [1.29, 1.82) is 0 Å². The standard InChI is InChI=1S/C18H19NO4/c1-2-23-18(22)15-14-9-6-10-19(14)17(21)13(16(15)20)11-12-7-4-3-5-8-12/h3-5,7-8,20H,2,6,9-11H2,1H3. The predicted octanol–water partition coefficient (Wildman–Crippen LogP) is 2.27. The van der Waals surface area contributed by atoms with Crippen LogP contribution in [0.3, 0.4) is 0 Å². The summed E-state index contributed by atoms with van der Waals surface area (Å²) in [6.07, 6.45) is 1.68. The number of ether oxygens (including phenoxy) is 1. The molecule has 0 unspecified atom stereocenters. The number of fused-ring (bicyclic) bond motifs is 1. The van der Waals surface area contributed by atoms with E-state index in [9.17, 15) is 14.7 Å². The number of rotatable bonds is 4. The van der Waals surface area contributed by atoms with Crippen molar-refractivity contribution in [3.63, 3.8) is 0 Å². The maximum Gasteiger partial charge on any atom is 0.343 e. The smallest absolute Gasteiger partial charge is 0.343 e. The Hall–Kier alpha value is -2.56. The molecule has 5 heteroatoms. The first-order valence-corrected chi connectivity index (χ1v) is 7.82. The molecule has 3 rings (SSSR count). The second-order valence-corrected chi connectivity index (χ2v) is 5.59. The van der Waals surface area contributed by atoms with Gasteiger partial charge in [0.25, 0.3) is 5.56 Å². The van der Waals surface area contributed by atoms with E-state index in [4.69, 9.17) is 4.74 Å². The molecule has 120 valence electrons. The quantitative estimate of drug-likeness (QED) is 0.879. The lowest BCUT2D eigenvalue weighted by atomic mass is 10.0. The van der Waals surface area contributed by atoms with Crippen molar-refractivity contribution in [2.24, 2.45) is 0 Å². The summed E-state index contributed by atoms with van der Waals surface area (Å²) in [5.41, 5.74) is 1.68. The minimum absolute atomic E-state index is 0.148. The topological polar surface area (TPSA) is 68.5 Å². The van der Waals surface area contributed by atoms with Gasteiger partial charge in [-0.3, -0.25) is 4.79 Å². The van der Waals surface area contributed by atoms with Gasteiger partial charge in [0.05, 0.1) is 12.2 Å². The molecule has 1 aliphatic heterocycles. The van der Waals surface area contributed by atoms with Crippen molar-refractivity contribution < 1.29 is 14.6 Å². The molecule has 0 spiro atoms. The lowest BCUT2D eigenvalue weighted by Crippen LogP contribution is -2.27. The van der Waals surface area contributed by atoms with Gasteiger partial charge in [0.2, 0.25) is 0 Å². The molecular weight excluding hydrogens is 294 g/mol. The van der Waals surface area contributed by atoms with Crippen LogP contribution in [0.2, 0.25) is 0 Å². The number of aromatic nitrogens is 1. The molecule has 1 N–H and O–H groups in total. The number of hydrogen-bond acceptors (Lipinski definition) is 4. The number of hydrogen-bond donors (Lipinski definition) is 1. The van der Waals surface area contributed by atoms with Gasteiger partial charge in [-0.05, 0) is 25.3 Å². The maximum absolute atomic E-state index is 12.7. The van der Waals surface area contributed by atoms with Crippen LogP contribution in [-0.2, 0) is 24.1 Å². The normalized spacial score (nSPS) is 12.9. The van der Waals surface area contributed by atoms with Crippen LogP contribution < -0.4 is 5.56 Å². The summed E-state index contributed by atoms with van der Waals surface area (Å²) in [6.45, 7) is 2.52. The molecule has 0 fully saturated rings. The van der Waals surface area contributed by atoms with E-state index in [1.807, 2.05) is 30.3 Å². The summed E-state index contributed by atoms with van der Waals surface area (Å²) in [5, 5.41) is 10.6. The molecular formula is C18H19NO4. The van der Waals surface area contributed by atoms with E-state index in [1.54, 1.807) is 11.5 Å². The van der Waals surface area contributed by atoms with Crippen molar-refractivity contribution >= 4 is 5.97 Å². The Morgan fingerprint density at radius 2 is 2.04 bits per heavy atom. The summed E-state index contributed by atoms with van der Waals surface area (Å²) >= 11 is 0. The highest BCUT2D eigenvalue weighted by molar-refractivity contribution is 5.94. The summed E-state index contributed by atoms with van der Waals surface area (Å²) in [4.78, 5) is 24.9. The summed E-state index contributed by atoms with van der Waals surface area (Å²) in [5.74, 6) is -0.796. The summed E-state index contributed by atoms with van der Waals surface area (Å²) < 4.78 is 6.67. The third-order valence-corrected chi connectivity index (χ3v) is 4.14. The second-order valence-electron chi connectivity index (χ2n) is 5.59. The van der Waals surface area contributed by atoms with E-state index in [-0.39, 0.29) is 35.5 Å². The average molecular weight is 313 g/mol. The van der Waals surface area contributed by atoms with Crippen LogP contribution in [0, 0.1) is 0 Å². The van der Waals surface area contributed by atoms with Gasteiger partial charge in [-0.25, -0.2) is 4.79 Å². The van der Waals surface area contributed by atoms with Gasteiger partial charge in [-0.1, -0.05) is 30.3 Å². The van der Waals surface area contributed by atoms with Crippen molar-refractivity contribution in [2.75, 3.05) is 6.61 Å². The number of benzene rings is 1. The van der Waals surface area contributed by atoms with Crippen LogP contribution in [0.25, 0.3) is 0 Å². The number of nitrogens with zero attached hydrogens (tertiary/aromatic N) is 1. The first-order chi connectivity index (χ1) is 11.1. The van der Waals surface area contributed by atoms with Gasteiger partial charge in [-0.15, -0.1) is 0 Å². The number of aromatic hydroxyl groups is 1. The third-order valence-electron chi connectivity index (χ3n) is 4.14. The fourth-order valence-corrected chi connectivity index (χ4v) is 3.09. The van der Waals surface area contributed by atoms with E-state index in [1.165, 1.54) is 0 Å². The molecule has 0 bridgehead atoms. The molecule has 2 heterocycles. The Morgan fingerprint density at radius 1 is 1.30 bits per heavy atom. The van der Waals surface area contributed by atoms with Gasteiger partial charge < -0.3 is 14.4 Å². The molecule has 0 saturated heterocycles. The summed E-state index contributed by atoms with van der Waals surface area (Å²) in [7, 11) is 0. The van der Waals surface area contributed by atoms with Crippen LogP contribution in [0.15, 0.2) is 35.1 Å². The monoisotopic (exact) mass is 313 g/mol. The molecule has 1 aromatic carbocycles. The Bertz CT molecular complexity index is 793. The van der Waals surface area contributed by atoms with Crippen molar-refractivity contribution in [1.82, 2.24) is 4.57 Å². The zero-order chi connectivity index (χ0) is 16.4. The molecule has 5 nitrogen and oxygen atoms in total. The predicted molar refractivity (Wildman–Crippen MR) is 85.9 cm³/mol. The molecule has 1 aliphatic rings. The highest BCUT2D eigenvalue weighted by Gasteiger charge is 2.29. The molecule has 0 radical (unpaired) electrons. The number of pyridine rings is 1. The zero-order valence-corrected chi connectivity index (χ0v) is 13.0. The molecule has 0 saturated carbocycles. The van der Waals surface area contributed by atoms with Crippen molar-refractivity contribution in [2.45, 2.75) is 32.7 Å². The van der Waals surface area contributed by atoms with E-state index < -0.39 is 5.97 Å². The van der Waals surface area contributed by atoms with Gasteiger partial charge in [0.1, 0.15) is 11.3 Å². The van der Waals surface area contributed by atoms with E-state index >= 15 is 0 Å². The third kappa shape index (κ3) is 2.74. The lowest BCUT2D eigenvalue weighted by Gasteiger charge is -2.15. The minimum Gasteiger partial charge on any atom is -0.506 e. The number of carbonyl (C=O) groups is 1. The Kier molecular flexibility index (Phi) is 4.19. The zero-order valence-electron chi connectivity index (χ0n) is 13.0. The Balaban J connectivity index is 2.15. The van der Waals surface area contributed by atoms with Crippen molar-refractivity contribution in [3.8, 4) is 5.75 Å². The SMILES string of the molecule is CCOC(=O)c1c(O)c(Cc2ccccc2)c(=O)n2c1CCC2. The van der Waals surface area contributed by atoms with Crippen LogP contribution >= 0.6 is 0 Å². The van der Waals surface area contributed by atoms with Crippen LogP contribution in [0.5, 0.6) is 5.75 Å². The van der Waals surface area contributed by atoms with Crippen LogP contribution in [0.1, 0.15) is 40.5 Å². The lowest BCUT2D eigenvalue weighted by molar-refractivity contribution is 0.0520. The van der Waals surface area contributed by atoms with Gasteiger partial charge in [0.15, 0.2) is 0 Å². The highest BCUT2D eigenvalue weighted by atomic mass is 16.5. The largest absolute Gasteiger partial charge is 0.506 e. The van der Waals surface area contributed by atoms with E-state index in [0.717, 1.165) is 12.0 Å². The molecule has 23 heavy (non-hydrogen) atoms. The Labute approximate surface area is 134 Å². The van der Waals surface area contributed by atoms with E-state index in [2.05, 4.69) is 0 Å². The van der Waals surface area contributed by atoms with Gasteiger partial charge >= 0.3 is 5.97 Å². The molecule has 0 aliphatic carbocycles. The minimum atomic E-state index is -0.565. The van der Waals surface area contributed by atoms with Crippen LogP contribution in [0.4, 0.5) is 0 Å².